The van der Waals surface area contributed by atoms with Crippen LogP contribution in [-0.2, 0) is 6.54 Å². The number of benzene rings is 1. The molecule has 1 aliphatic heterocycles. The van der Waals surface area contributed by atoms with E-state index in [0.29, 0.717) is 5.56 Å². The monoisotopic (exact) mass is 387 g/mol. The lowest BCUT2D eigenvalue weighted by atomic mass is 10.1. The van der Waals surface area contributed by atoms with Crippen LogP contribution in [0.25, 0.3) is 6.08 Å². The Hall–Kier alpha value is -1.88. The van der Waals surface area contributed by atoms with Crippen molar-refractivity contribution in [3.05, 3.63) is 52.3 Å². The molecule has 0 spiro atoms. The molecule has 0 saturated carbocycles. The van der Waals surface area contributed by atoms with E-state index < -0.39 is 0 Å². The SMILES string of the molecule is CCn1cc(Br)c(/C=C/C(=O)c2ccc(N3CCCCC3)cc2)n1. The molecule has 1 saturated heterocycles. The minimum Gasteiger partial charge on any atom is -0.372 e. The molecule has 2 aromatic rings. The number of halogens is 1. The molecule has 4 nitrogen and oxygen atoms in total. The number of aryl methyl sites for hydroxylation is 1. The van der Waals surface area contributed by atoms with E-state index >= 15 is 0 Å². The van der Waals surface area contributed by atoms with E-state index in [4.69, 9.17) is 0 Å². The van der Waals surface area contributed by atoms with Crippen LogP contribution in [0.2, 0.25) is 0 Å². The Morgan fingerprint density at radius 3 is 2.54 bits per heavy atom. The number of carbonyl (C=O) groups is 1. The lowest BCUT2D eigenvalue weighted by Crippen LogP contribution is -2.29. The van der Waals surface area contributed by atoms with Crippen LogP contribution in [0.3, 0.4) is 0 Å². The molecule has 2 heterocycles. The van der Waals surface area contributed by atoms with Gasteiger partial charge in [0.05, 0.1) is 10.2 Å². The number of anilines is 1. The second-order valence-corrected chi connectivity index (χ2v) is 6.86. The Labute approximate surface area is 151 Å². The number of carbonyl (C=O) groups excluding carboxylic acids is 1. The van der Waals surface area contributed by atoms with Gasteiger partial charge in [-0.1, -0.05) is 0 Å². The first-order valence-corrected chi connectivity index (χ1v) is 9.27. The highest BCUT2D eigenvalue weighted by Crippen LogP contribution is 2.21. The van der Waals surface area contributed by atoms with Crippen LogP contribution in [-0.4, -0.2) is 28.7 Å². The van der Waals surface area contributed by atoms with E-state index in [0.717, 1.165) is 29.8 Å². The van der Waals surface area contributed by atoms with E-state index in [9.17, 15) is 4.79 Å². The zero-order chi connectivity index (χ0) is 16.9. The number of nitrogens with zero attached hydrogens (tertiary/aromatic N) is 3. The molecule has 0 radical (unpaired) electrons. The summed E-state index contributed by atoms with van der Waals surface area (Å²) in [4.78, 5) is 14.7. The number of hydrogen-bond donors (Lipinski definition) is 0. The predicted octanol–water partition coefficient (Wildman–Crippen LogP) is 4.55. The van der Waals surface area contributed by atoms with Crippen LogP contribution in [0.4, 0.5) is 5.69 Å². The van der Waals surface area contributed by atoms with Crippen LogP contribution in [0, 0.1) is 0 Å². The maximum Gasteiger partial charge on any atom is 0.185 e. The van der Waals surface area contributed by atoms with Crippen molar-refractivity contribution >= 4 is 33.5 Å². The summed E-state index contributed by atoms with van der Waals surface area (Å²) >= 11 is 3.47. The second kappa shape index (κ2) is 7.79. The number of aromatic nitrogens is 2. The smallest absolute Gasteiger partial charge is 0.185 e. The van der Waals surface area contributed by atoms with Crippen molar-refractivity contribution in [3.8, 4) is 0 Å². The molecule has 1 aromatic carbocycles. The molecular weight excluding hydrogens is 366 g/mol. The summed E-state index contributed by atoms with van der Waals surface area (Å²) in [6.45, 7) is 5.06. The zero-order valence-corrected chi connectivity index (χ0v) is 15.5. The number of rotatable bonds is 5. The summed E-state index contributed by atoms with van der Waals surface area (Å²) in [5, 5.41) is 4.39. The van der Waals surface area contributed by atoms with E-state index in [-0.39, 0.29) is 5.78 Å². The van der Waals surface area contributed by atoms with E-state index in [1.54, 1.807) is 12.2 Å². The Kier molecular flexibility index (Phi) is 5.51. The van der Waals surface area contributed by atoms with Crippen molar-refractivity contribution in [2.75, 3.05) is 18.0 Å². The lowest BCUT2D eigenvalue weighted by molar-refractivity contribution is 0.104. The molecule has 1 fully saturated rings. The maximum atomic E-state index is 12.3. The van der Waals surface area contributed by atoms with Gasteiger partial charge >= 0.3 is 0 Å². The fourth-order valence-electron chi connectivity index (χ4n) is 2.93. The first kappa shape index (κ1) is 17.0. The Morgan fingerprint density at radius 2 is 1.92 bits per heavy atom. The van der Waals surface area contributed by atoms with Crippen molar-refractivity contribution in [2.24, 2.45) is 0 Å². The van der Waals surface area contributed by atoms with Gasteiger partial charge in [-0.05, 0) is 78.5 Å². The average molecular weight is 388 g/mol. The molecule has 24 heavy (non-hydrogen) atoms. The van der Waals surface area contributed by atoms with Crippen molar-refractivity contribution in [1.82, 2.24) is 9.78 Å². The van der Waals surface area contributed by atoms with Crippen LogP contribution in [0.5, 0.6) is 0 Å². The van der Waals surface area contributed by atoms with Crippen molar-refractivity contribution in [2.45, 2.75) is 32.7 Å². The number of ketones is 1. The molecule has 0 aliphatic carbocycles. The fourth-order valence-corrected chi connectivity index (χ4v) is 3.37. The van der Waals surface area contributed by atoms with Gasteiger partial charge in [0.1, 0.15) is 0 Å². The van der Waals surface area contributed by atoms with E-state index in [1.807, 2.05) is 42.1 Å². The molecule has 3 rings (SSSR count). The molecule has 0 bridgehead atoms. The Morgan fingerprint density at radius 1 is 1.21 bits per heavy atom. The molecule has 126 valence electrons. The molecule has 0 N–H and O–H groups in total. The summed E-state index contributed by atoms with van der Waals surface area (Å²) in [5.74, 6) is -0.00172. The molecule has 0 unspecified atom stereocenters. The molecule has 0 amide bonds. The van der Waals surface area contributed by atoms with E-state index in [2.05, 4.69) is 25.9 Å². The standard InChI is InChI=1S/C19H22BrN3O/c1-2-23-14-17(20)18(21-23)10-11-19(24)15-6-8-16(9-7-15)22-12-4-3-5-13-22/h6-11,14H,2-5,12-13H2,1H3/b11-10+. The van der Waals surface area contributed by atoms with Gasteiger partial charge in [0.2, 0.25) is 0 Å². The molecule has 1 aliphatic rings. The largest absolute Gasteiger partial charge is 0.372 e. The van der Waals surface area contributed by atoms with Crippen LogP contribution < -0.4 is 4.90 Å². The highest BCUT2D eigenvalue weighted by molar-refractivity contribution is 9.10. The van der Waals surface area contributed by atoms with Crippen molar-refractivity contribution in [1.29, 1.82) is 0 Å². The number of piperidine rings is 1. The predicted molar refractivity (Wildman–Crippen MR) is 101 cm³/mol. The Bertz CT molecular complexity index is 728. The van der Waals surface area contributed by atoms with Gasteiger partial charge in [0.25, 0.3) is 0 Å². The van der Waals surface area contributed by atoms with Gasteiger partial charge in [-0.2, -0.15) is 5.10 Å². The summed E-state index contributed by atoms with van der Waals surface area (Å²) in [7, 11) is 0. The lowest BCUT2D eigenvalue weighted by Gasteiger charge is -2.28. The zero-order valence-electron chi connectivity index (χ0n) is 13.9. The van der Waals surface area contributed by atoms with Gasteiger partial charge in [-0.15, -0.1) is 0 Å². The number of allylic oxidation sites excluding steroid dienone is 1. The van der Waals surface area contributed by atoms with Gasteiger partial charge in [0, 0.05) is 37.1 Å². The first-order valence-electron chi connectivity index (χ1n) is 8.48. The highest BCUT2D eigenvalue weighted by Gasteiger charge is 2.11. The molecule has 1 aromatic heterocycles. The second-order valence-electron chi connectivity index (χ2n) is 6.01. The van der Waals surface area contributed by atoms with Gasteiger partial charge in [-0.25, -0.2) is 0 Å². The van der Waals surface area contributed by atoms with Crippen molar-refractivity contribution in [3.63, 3.8) is 0 Å². The molecule has 0 atom stereocenters. The third-order valence-corrected chi connectivity index (χ3v) is 4.94. The Balaban J connectivity index is 1.68. The highest BCUT2D eigenvalue weighted by atomic mass is 79.9. The van der Waals surface area contributed by atoms with Crippen LogP contribution in [0.15, 0.2) is 41.0 Å². The first-order chi connectivity index (χ1) is 11.7. The number of hydrogen-bond acceptors (Lipinski definition) is 3. The summed E-state index contributed by atoms with van der Waals surface area (Å²) in [6, 6.07) is 7.93. The normalized spacial score (nSPS) is 15.2. The topological polar surface area (TPSA) is 38.1 Å². The van der Waals surface area contributed by atoms with E-state index in [1.165, 1.54) is 24.9 Å². The molecule has 5 heteroatoms. The minimum atomic E-state index is -0.00172. The molecular formula is C19H22BrN3O. The third-order valence-electron chi connectivity index (χ3n) is 4.33. The van der Waals surface area contributed by atoms with Gasteiger partial charge in [-0.3, -0.25) is 9.48 Å². The van der Waals surface area contributed by atoms with Crippen LogP contribution >= 0.6 is 15.9 Å². The third kappa shape index (κ3) is 3.96. The average Bonchev–Trinajstić information content (AvgIpc) is 3.00. The van der Waals surface area contributed by atoms with Gasteiger partial charge in [0.15, 0.2) is 5.78 Å². The summed E-state index contributed by atoms with van der Waals surface area (Å²) in [6.07, 6.45) is 9.09. The minimum absolute atomic E-state index is 0.00172. The fraction of sp³-hybridized carbons (Fsp3) is 0.368. The maximum absolute atomic E-state index is 12.3. The van der Waals surface area contributed by atoms with Crippen molar-refractivity contribution < 1.29 is 4.79 Å². The quantitative estimate of drug-likeness (QED) is 0.557. The summed E-state index contributed by atoms with van der Waals surface area (Å²) in [5.41, 5.74) is 2.69. The van der Waals surface area contributed by atoms with Gasteiger partial charge < -0.3 is 4.90 Å². The summed E-state index contributed by atoms with van der Waals surface area (Å²) < 4.78 is 2.73. The van der Waals surface area contributed by atoms with Crippen LogP contribution in [0.1, 0.15) is 42.2 Å².